The molecule has 4 nitrogen and oxygen atoms in total. The molecular weight excluding hydrogens is 246 g/mol. The van der Waals surface area contributed by atoms with Gasteiger partial charge in [-0.15, -0.1) is 10.2 Å². The van der Waals surface area contributed by atoms with Crippen molar-refractivity contribution in [3.05, 3.63) is 40.4 Å². The first-order valence-electron chi connectivity index (χ1n) is 5.89. The summed E-state index contributed by atoms with van der Waals surface area (Å²) in [5.41, 5.74) is 1.89. The Bertz CT molecular complexity index is 533. The van der Waals surface area contributed by atoms with E-state index in [1.165, 1.54) is 16.9 Å². The quantitative estimate of drug-likeness (QED) is 0.920. The maximum absolute atomic E-state index is 11.9. The number of hydrogen-bond acceptors (Lipinski definition) is 4. The summed E-state index contributed by atoms with van der Waals surface area (Å²) in [6, 6.07) is 7.66. The second kappa shape index (κ2) is 5.73. The van der Waals surface area contributed by atoms with E-state index in [1.807, 2.05) is 31.2 Å². The van der Waals surface area contributed by atoms with Crippen LogP contribution in [0.1, 0.15) is 34.3 Å². The van der Waals surface area contributed by atoms with Gasteiger partial charge in [0.2, 0.25) is 5.13 Å². The third-order valence-electron chi connectivity index (χ3n) is 2.50. The molecule has 18 heavy (non-hydrogen) atoms. The molecule has 0 saturated heterocycles. The van der Waals surface area contributed by atoms with Gasteiger partial charge in [-0.25, -0.2) is 0 Å². The van der Waals surface area contributed by atoms with Crippen LogP contribution >= 0.6 is 11.3 Å². The van der Waals surface area contributed by atoms with E-state index in [1.54, 1.807) is 0 Å². The molecule has 2 aromatic rings. The number of aromatic nitrogens is 2. The van der Waals surface area contributed by atoms with E-state index in [-0.39, 0.29) is 5.91 Å². The van der Waals surface area contributed by atoms with E-state index >= 15 is 0 Å². The molecule has 0 aliphatic carbocycles. The molecule has 1 aromatic heterocycles. The van der Waals surface area contributed by atoms with Gasteiger partial charge in [-0.05, 0) is 31.0 Å². The van der Waals surface area contributed by atoms with Gasteiger partial charge in [0.15, 0.2) is 0 Å². The Morgan fingerprint density at radius 2 is 2.00 bits per heavy atom. The number of carbonyl (C=O) groups is 1. The lowest BCUT2D eigenvalue weighted by molar-refractivity contribution is 0.102. The molecule has 0 aliphatic heterocycles. The Kier molecular flexibility index (Phi) is 4.04. The fourth-order valence-electron chi connectivity index (χ4n) is 1.63. The highest BCUT2D eigenvalue weighted by Crippen LogP contribution is 2.15. The van der Waals surface area contributed by atoms with Crippen molar-refractivity contribution in [2.75, 3.05) is 5.32 Å². The van der Waals surface area contributed by atoms with Crippen molar-refractivity contribution in [2.24, 2.45) is 0 Å². The lowest BCUT2D eigenvalue weighted by Crippen LogP contribution is -2.11. The van der Waals surface area contributed by atoms with Crippen LogP contribution in [0.15, 0.2) is 24.3 Å². The van der Waals surface area contributed by atoms with Gasteiger partial charge in [0, 0.05) is 5.56 Å². The molecule has 0 saturated carbocycles. The van der Waals surface area contributed by atoms with Crippen molar-refractivity contribution >= 4 is 22.4 Å². The van der Waals surface area contributed by atoms with Gasteiger partial charge in [0.25, 0.3) is 5.91 Å². The third kappa shape index (κ3) is 3.13. The summed E-state index contributed by atoms with van der Waals surface area (Å²) in [6.45, 7) is 3.99. The standard InChI is InChI=1S/C13H15N3OS/c1-3-4-10-5-7-11(8-6-10)12(17)14-13-16-15-9(2)18-13/h5-8H,3-4H2,1-2H3,(H,14,16,17). The van der Waals surface area contributed by atoms with Gasteiger partial charge in [0.1, 0.15) is 5.01 Å². The minimum Gasteiger partial charge on any atom is -0.296 e. The van der Waals surface area contributed by atoms with Crippen molar-refractivity contribution in [1.82, 2.24) is 10.2 Å². The number of benzene rings is 1. The zero-order chi connectivity index (χ0) is 13.0. The molecular formula is C13H15N3OS. The normalized spacial score (nSPS) is 10.3. The van der Waals surface area contributed by atoms with Crippen LogP contribution in [-0.4, -0.2) is 16.1 Å². The van der Waals surface area contributed by atoms with E-state index in [2.05, 4.69) is 22.4 Å². The first kappa shape index (κ1) is 12.7. The van der Waals surface area contributed by atoms with Crippen LogP contribution < -0.4 is 5.32 Å². The van der Waals surface area contributed by atoms with Crippen LogP contribution in [0.2, 0.25) is 0 Å². The van der Waals surface area contributed by atoms with Crippen molar-refractivity contribution in [3.63, 3.8) is 0 Å². The van der Waals surface area contributed by atoms with E-state index < -0.39 is 0 Å². The Balaban J connectivity index is 2.04. The third-order valence-corrected chi connectivity index (χ3v) is 3.26. The average molecular weight is 261 g/mol. The van der Waals surface area contributed by atoms with Crippen LogP contribution in [0.5, 0.6) is 0 Å². The number of rotatable bonds is 4. The topological polar surface area (TPSA) is 54.9 Å². The summed E-state index contributed by atoms with van der Waals surface area (Å²) in [6.07, 6.45) is 2.15. The van der Waals surface area contributed by atoms with Crippen molar-refractivity contribution in [1.29, 1.82) is 0 Å². The molecule has 0 fully saturated rings. The number of carbonyl (C=O) groups excluding carboxylic acids is 1. The lowest BCUT2D eigenvalue weighted by atomic mass is 10.1. The molecule has 0 unspecified atom stereocenters. The van der Waals surface area contributed by atoms with Crippen molar-refractivity contribution < 1.29 is 4.79 Å². The van der Waals surface area contributed by atoms with Gasteiger partial charge in [-0.3, -0.25) is 10.1 Å². The molecule has 1 amide bonds. The molecule has 1 heterocycles. The Morgan fingerprint density at radius 1 is 1.28 bits per heavy atom. The number of anilines is 1. The summed E-state index contributed by atoms with van der Waals surface area (Å²) in [5.74, 6) is -0.144. The fraction of sp³-hybridized carbons (Fsp3) is 0.308. The van der Waals surface area contributed by atoms with Gasteiger partial charge in [0.05, 0.1) is 0 Å². The van der Waals surface area contributed by atoms with Crippen molar-refractivity contribution in [2.45, 2.75) is 26.7 Å². The molecule has 2 rings (SSSR count). The Labute approximate surface area is 110 Å². The monoisotopic (exact) mass is 261 g/mol. The summed E-state index contributed by atoms with van der Waals surface area (Å²) < 4.78 is 0. The first-order valence-corrected chi connectivity index (χ1v) is 6.71. The van der Waals surface area contributed by atoms with Crippen LogP contribution in [0.25, 0.3) is 0 Å². The fourth-order valence-corrected chi connectivity index (χ4v) is 2.21. The minimum absolute atomic E-state index is 0.144. The van der Waals surface area contributed by atoms with E-state index in [0.29, 0.717) is 10.7 Å². The largest absolute Gasteiger partial charge is 0.296 e. The SMILES string of the molecule is CCCc1ccc(C(=O)Nc2nnc(C)s2)cc1. The maximum atomic E-state index is 11.9. The minimum atomic E-state index is -0.144. The van der Waals surface area contributed by atoms with Crippen LogP contribution in [0, 0.1) is 6.92 Å². The molecule has 0 bridgehead atoms. The number of nitrogens with zero attached hydrogens (tertiary/aromatic N) is 2. The summed E-state index contributed by atoms with van der Waals surface area (Å²) in [7, 11) is 0. The second-order valence-electron chi connectivity index (χ2n) is 4.03. The summed E-state index contributed by atoms with van der Waals surface area (Å²) in [5, 5.41) is 11.8. The predicted octanol–water partition coefficient (Wildman–Crippen LogP) is 3.05. The predicted molar refractivity (Wildman–Crippen MR) is 73.0 cm³/mol. The number of hydrogen-bond donors (Lipinski definition) is 1. The molecule has 0 radical (unpaired) electrons. The van der Waals surface area contributed by atoms with Gasteiger partial charge >= 0.3 is 0 Å². The number of aryl methyl sites for hydroxylation is 2. The smallest absolute Gasteiger partial charge is 0.257 e. The number of amides is 1. The van der Waals surface area contributed by atoms with Crippen LogP contribution in [-0.2, 0) is 6.42 Å². The van der Waals surface area contributed by atoms with E-state index in [0.717, 1.165) is 17.8 Å². The van der Waals surface area contributed by atoms with Gasteiger partial charge in [-0.1, -0.05) is 36.8 Å². The molecule has 0 spiro atoms. The molecule has 0 atom stereocenters. The van der Waals surface area contributed by atoms with Crippen LogP contribution in [0.4, 0.5) is 5.13 Å². The highest BCUT2D eigenvalue weighted by atomic mass is 32.1. The Morgan fingerprint density at radius 3 is 2.56 bits per heavy atom. The number of nitrogens with one attached hydrogen (secondary N) is 1. The molecule has 1 aromatic carbocycles. The van der Waals surface area contributed by atoms with Crippen LogP contribution in [0.3, 0.4) is 0 Å². The molecule has 0 aliphatic rings. The zero-order valence-electron chi connectivity index (χ0n) is 10.4. The highest BCUT2D eigenvalue weighted by Gasteiger charge is 2.08. The molecule has 1 N–H and O–H groups in total. The van der Waals surface area contributed by atoms with E-state index in [4.69, 9.17) is 0 Å². The van der Waals surface area contributed by atoms with Crippen molar-refractivity contribution in [3.8, 4) is 0 Å². The maximum Gasteiger partial charge on any atom is 0.257 e. The summed E-state index contributed by atoms with van der Waals surface area (Å²) in [4.78, 5) is 11.9. The highest BCUT2D eigenvalue weighted by molar-refractivity contribution is 7.15. The van der Waals surface area contributed by atoms with Gasteiger partial charge in [-0.2, -0.15) is 0 Å². The van der Waals surface area contributed by atoms with Gasteiger partial charge < -0.3 is 0 Å². The Hall–Kier alpha value is -1.75. The van der Waals surface area contributed by atoms with E-state index in [9.17, 15) is 4.79 Å². The molecule has 94 valence electrons. The average Bonchev–Trinajstić information content (AvgIpc) is 2.76. The zero-order valence-corrected chi connectivity index (χ0v) is 11.3. The second-order valence-corrected chi connectivity index (χ2v) is 5.21. The first-order chi connectivity index (χ1) is 8.69. The lowest BCUT2D eigenvalue weighted by Gasteiger charge is -2.03. The summed E-state index contributed by atoms with van der Waals surface area (Å²) >= 11 is 1.37. The molecule has 5 heteroatoms.